The molecule has 11 nitrogen and oxygen atoms in total. The maximum atomic E-state index is 14.0. The van der Waals surface area contributed by atoms with Crippen molar-refractivity contribution in [1.82, 2.24) is 19.8 Å². The number of pyridine rings is 1. The third-order valence-electron chi connectivity index (χ3n) is 6.81. The summed E-state index contributed by atoms with van der Waals surface area (Å²) >= 11 is 0. The van der Waals surface area contributed by atoms with Gasteiger partial charge in [-0.15, -0.1) is 0 Å². The lowest BCUT2D eigenvalue weighted by Crippen LogP contribution is -2.70. The van der Waals surface area contributed by atoms with E-state index in [1.54, 1.807) is 25.9 Å². The van der Waals surface area contributed by atoms with Crippen molar-refractivity contribution in [2.24, 2.45) is 0 Å². The van der Waals surface area contributed by atoms with Gasteiger partial charge in [0.1, 0.15) is 22.9 Å². The first-order valence-electron chi connectivity index (χ1n) is 11.7. The highest BCUT2D eigenvalue weighted by Gasteiger charge is 2.54. The van der Waals surface area contributed by atoms with Crippen LogP contribution in [0.15, 0.2) is 29.2 Å². The lowest BCUT2D eigenvalue weighted by atomic mass is 10.0. The van der Waals surface area contributed by atoms with Crippen LogP contribution in [0.5, 0.6) is 5.75 Å². The summed E-state index contributed by atoms with van der Waals surface area (Å²) in [4.78, 5) is 54.5. The van der Waals surface area contributed by atoms with E-state index < -0.39 is 51.9 Å². The Morgan fingerprint density at radius 2 is 1.95 bits per heavy atom. The third kappa shape index (κ3) is 4.23. The molecule has 3 amide bonds. The highest BCUT2D eigenvalue weighted by molar-refractivity contribution is 6.00. The number of likely N-dealkylation sites (tertiary alicyclic amines) is 1. The molecule has 37 heavy (non-hydrogen) atoms. The number of halogens is 2. The van der Waals surface area contributed by atoms with E-state index in [1.807, 2.05) is 0 Å². The number of fused-ring (bicyclic) bond motifs is 1. The summed E-state index contributed by atoms with van der Waals surface area (Å²) < 4.78 is 33.4. The quantitative estimate of drug-likeness (QED) is 0.611. The van der Waals surface area contributed by atoms with Gasteiger partial charge in [-0.3, -0.25) is 24.1 Å². The standard InChI is InChI=1S/C24H27F2N5O6/c1-4-30-22(35)18-20(33)19(32)16(21(34)27-11-14-6-7-15(25)10-17(14)26)12-31(18)28(3)24(30)8-9-29(13-24)23(36)37-5-2/h6-7,10,12,33H,4-5,8-9,11,13H2,1-3H3,(H,27,34). The summed E-state index contributed by atoms with van der Waals surface area (Å²) in [5.74, 6) is -4.12. The van der Waals surface area contributed by atoms with Crippen molar-refractivity contribution in [2.75, 3.05) is 38.3 Å². The Bertz CT molecular complexity index is 1330. The Morgan fingerprint density at radius 3 is 2.59 bits per heavy atom. The Hall–Kier alpha value is -4.16. The fourth-order valence-corrected chi connectivity index (χ4v) is 4.89. The molecule has 0 bridgehead atoms. The summed E-state index contributed by atoms with van der Waals surface area (Å²) in [6.07, 6.45) is 0.949. The van der Waals surface area contributed by atoms with Gasteiger partial charge >= 0.3 is 6.09 Å². The van der Waals surface area contributed by atoms with E-state index in [2.05, 4.69) is 5.32 Å². The number of nitrogens with zero attached hydrogens (tertiary/aromatic N) is 4. The van der Waals surface area contributed by atoms with Gasteiger partial charge in [0.2, 0.25) is 5.43 Å². The van der Waals surface area contributed by atoms with Gasteiger partial charge in [0.25, 0.3) is 11.8 Å². The zero-order valence-electron chi connectivity index (χ0n) is 20.6. The molecule has 4 rings (SSSR count). The second-order valence-corrected chi connectivity index (χ2v) is 8.76. The molecule has 0 aliphatic carbocycles. The van der Waals surface area contributed by atoms with E-state index >= 15 is 0 Å². The first-order chi connectivity index (χ1) is 17.5. The molecule has 13 heteroatoms. The van der Waals surface area contributed by atoms with Crippen molar-refractivity contribution in [3.8, 4) is 5.75 Å². The number of benzene rings is 1. The van der Waals surface area contributed by atoms with E-state index in [4.69, 9.17) is 4.74 Å². The largest absolute Gasteiger partial charge is 0.502 e. The van der Waals surface area contributed by atoms with Gasteiger partial charge in [0.15, 0.2) is 11.4 Å². The molecule has 1 atom stereocenters. The average molecular weight is 520 g/mol. The van der Waals surface area contributed by atoms with Crippen molar-refractivity contribution in [3.63, 3.8) is 0 Å². The highest BCUT2D eigenvalue weighted by atomic mass is 19.1. The minimum Gasteiger partial charge on any atom is -0.502 e. The molecule has 1 aromatic heterocycles. The van der Waals surface area contributed by atoms with Crippen molar-refractivity contribution in [3.05, 3.63) is 63.1 Å². The van der Waals surface area contributed by atoms with Crippen molar-refractivity contribution >= 4 is 17.9 Å². The molecule has 1 fully saturated rings. The molecule has 1 aromatic carbocycles. The molecule has 1 unspecified atom stereocenters. The lowest BCUT2D eigenvalue weighted by Gasteiger charge is -2.52. The summed E-state index contributed by atoms with van der Waals surface area (Å²) in [5.41, 5.74) is -2.92. The summed E-state index contributed by atoms with van der Waals surface area (Å²) in [6, 6.07) is 2.86. The molecule has 0 saturated carbocycles. The number of carbonyl (C=O) groups is 3. The second-order valence-electron chi connectivity index (χ2n) is 8.76. The molecule has 2 aliphatic rings. The van der Waals surface area contributed by atoms with Gasteiger partial charge < -0.3 is 25.0 Å². The molecular weight excluding hydrogens is 492 g/mol. The van der Waals surface area contributed by atoms with Crippen LogP contribution in [0.1, 0.15) is 46.7 Å². The zero-order valence-corrected chi connectivity index (χ0v) is 20.6. The van der Waals surface area contributed by atoms with Crippen LogP contribution >= 0.6 is 0 Å². The summed E-state index contributed by atoms with van der Waals surface area (Å²) in [7, 11) is 1.62. The molecule has 1 saturated heterocycles. The predicted molar refractivity (Wildman–Crippen MR) is 127 cm³/mol. The molecule has 2 aliphatic heterocycles. The number of ether oxygens (including phenoxy) is 1. The van der Waals surface area contributed by atoms with Crippen molar-refractivity contribution in [1.29, 1.82) is 0 Å². The van der Waals surface area contributed by atoms with Crippen LogP contribution in [0, 0.1) is 11.6 Å². The first kappa shape index (κ1) is 25.9. The van der Waals surface area contributed by atoms with Crippen LogP contribution in [0.3, 0.4) is 0 Å². The number of aromatic hydroxyl groups is 1. The van der Waals surface area contributed by atoms with E-state index in [1.165, 1.54) is 14.5 Å². The van der Waals surface area contributed by atoms with Crippen molar-refractivity contribution in [2.45, 2.75) is 32.5 Å². The average Bonchev–Trinajstić information content (AvgIpc) is 3.30. The molecule has 1 spiro atoms. The normalized spacial score (nSPS) is 18.8. The monoisotopic (exact) mass is 519 g/mol. The number of hydrogen-bond donors (Lipinski definition) is 2. The number of carbonyl (C=O) groups excluding carboxylic acids is 3. The Kier molecular flexibility index (Phi) is 6.80. The van der Waals surface area contributed by atoms with Crippen LogP contribution in [0.25, 0.3) is 0 Å². The second kappa shape index (κ2) is 9.71. The third-order valence-corrected chi connectivity index (χ3v) is 6.81. The van der Waals surface area contributed by atoms with Crippen LogP contribution in [0.4, 0.5) is 13.6 Å². The van der Waals surface area contributed by atoms with E-state index in [0.29, 0.717) is 19.0 Å². The summed E-state index contributed by atoms with van der Waals surface area (Å²) in [6.45, 7) is 3.88. The number of rotatable bonds is 5. The number of likely N-dealkylation sites (N-methyl/N-ethyl adjacent to an activating group) is 2. The lowest BCUT2D eigenvalue weighted by molar-refractivity contribution is 0.0317. The molecule has 3 heterocycles. The van der Waals surface area contributed by atoms with E-state index in [9.17, 15) is 33.1 Å². The number of aromatic nitrogens is 1. The molecule has 0 radical (unpaired) electrons. The Labute approximate surface area is 210 Å². The Morgan fingerprint density at radius 1 is 1.22 bits per heavy atom. The number of nitrogens with one attached hydrogen (secondary N) is 1. The van der Waals surface area contributed by atoms with Gasteiger partial charge in [0.05, 0.1) is 13.2 Å². The van der Waals surface area contributed by atoms with Crippen molar-refractivity contribution < 1.29 is 33.0 Å². The van der Waals surface area contributed by atoms with Gasteiger partial charge in [-0.25, -0.2) is 13.6 Å². The van der Waals surface area contributed by atoms with Crippen LogP contribution in [0.2, 0.25) is 0 Å². The van der Waals surface area contributed by atoms with Gasteiger partial charge in [-0.2, -0.15) is 0 Å². The minimum absolute atomic E-state index is 0.00752. The number of amides is 3. The molecular formula is C24H27F2N5O6. The fraction of sp³-hybridized carbons (Fsp3) is 0.417. The molecule has 2 N–H and O–H groups in total. The van der Waals surface area contributed by atoms with Crippen LogP contribution < -0.4 is 15.8 Å². The van der Waals surface area contributed by atoms with E-state index in [-0.39, 0.29) is 37.5 Å². The van der Waals surface area contributed by atoms with Gasteiger partial charge in [-0.05, 0) is 19.9 Å². The molecule has 198 valence electrons. The minimum atomic E-state index is -1.07. The summed E-state index contributed by atoms with van der Waals surface area (Å²) in [5, 5.41) is 14.7. The highest BCUT2D eigenvalue weighted by Crippen LogP contribution is 2.36. The predicted octanol–water partition coefficient (Wildman–Crippen LogP) is 1.36. The topological polar surface area (TPSA) is 124 Å². The number of hydrogen-bond acceptors (Lipinski definition) is 7. The smallest absolute Gasteiger partial charge is 0.409 e. The Balaban J connectivity index is 1.70. The first-order valence-corrected chi connectivity index (χ1v) is 11.7. The van der Waals surface area contributed by atoms with Gasteiger partial charge in [-0.1, -0.05) is 6.07 Å². The SMILES string of the molecule is CCOC(=O)N1CCC2(C1)N(CC)C(=O)c1c(O)c(=O)c(C(=O)NCc3ccc(F)cc3F)cn1N2C. The van der Waals surface area contributed by atoms with E-state index in [0.717, 1.165) is 18.3 Å². The van der Waals surface area contributed by atoms with Crippen LogP contribution in [-0.2, 0) is 11.3 Å². The maximum Gasteiger partial charge on any atom is 0.409 e. The maximum absolute atomic E-state index is 14.0. The fourth-order valence-electron chi connectivity index (χ4n) is 4.89. The zero-order chi connectivity index (χ0) is 27.1. The van der Waals surface area contributed by atoms with Gasteiger partial charge in [0, 0.05) is 50.9 Å². The van der Waals surface area contributed by atoms with Crippen LogP contribution in [-0.4, -0.2) is 76.4 Å². The molecule has 2 aromatic rings.